The zero-order valence-corrected chi connectivity index (χ0v) is 10.9. The first-order valence-corrected chi connectivity index (χ1v) is 6.66. The molecule has 2 rings (SSSR count). The van der Waals surface area contributed by atoms with Gasteiger partial charge in [-0.2, -0.15) is 0 Å². The summed E-state index contributed by atoms with van der Waals surface area (Å²) in [6, 6.07) is 1.09. The van der Waals surface area contributed by atoms with Crippen LogP contribution in [0.4, 0.5) is 14.5 Å². The lowest BCUT2D eigenvalue weighted by Gasteiger charge is -2.20. The summed E-state index contributed by atoms with van der Waals surface area (Å²) in [6.45, 7) is 1.68. The highest BCUT2D eigenvalue weighted by atomic mass is 32.2. The number of nitro groups is 1. The van der Waals surface area contributed by atoms with Crippen LogP contribution in [0.3, 0.4) is 0 Å². The molecule has 1 heterocycles. The van der Waals surface area contributed by atoms with Gasteiger partial charge in [0, 0.05) is 0 Å². The van der Waals surface area contributed by atoms with E-state index in [1.54, 1.807) is 6.92 Å². The van der Waals surface area contributed by atoms with Crippen molar-refractivity contribution in [2.24, 2.45) is 0 Å². The highest BCUT2D eigenvalue weighted by Crippen LogP contribution is 2.41. The number of halogens is 2. The summed E-state index contributed by atoms with van der Waals surface area (Å²) in [6.07, 6.45) is 1.40. The second kappa shape index (κ2) is 4.88. The molecule has 0 aromatic heterocycles. The average Bonchev–Trinajstić information content (AvgIpc) is 2.79. The Bertz CT molecular complexity index is 556. The van der Waals surface area contributed by atoms with Gasteiger partial charge in [-0.3, -0.25) is 14.9 Å². The Kier molecular flexibility index (Phi) is 3.58. The second-order valence-electron chi connectivity index (χ2n) is 4.55. The number of Topliss-reactive ketones (excluding diaryl/α,β-unsaturated/α-hetero) is 1. The van der Waals surface area contributed by atoms with E-state index < -0.39 is 32.8 Å². The van der Waals surface area contributed by atoms with Crippen LogP contribution in [-0.4, -0.2) is 21.2 Å². The first kappa shape index (κ1) is 13.9. The summed E-state index contributed by atoms with van der Waals surface area (Å²) in [5, 5.41) is 10.9. The van der Waals surface area contributed by atoms with Gasteiger partial charge in [0.25, 0.3) is 5.69 Å². The Balaban J connectivity index is 2.52. The fourth-order valence-electron chi connectivity index (χ4n) is 2.11. The van der Waals surface area contributed by atoms with E-state index in [-0.39, 0.29) is 5.56 Å². The molecule has 4 nitrogen and oxygen atoms in total. The number of hydrogen-bond donors (Lipinski definition) is 0. The quantitative estimate of drug-likeness (QED) is 0.486. The normalized spacial score (nSPS) is 22.5. The maximum atomic E-state index is 13.2. The molecule has 0 N–H and O–H groups in total. The molecule has 0 saturated carbocycles. The molecular formula is C12H11F2NO3S. The maximum Gasteiger partial charge on any atom is 0.283 e. The van der Waals surface area contributed by atoms with E-state index in [1.165, 1.54) is 11.8 Å². The van der Waals surface area contributed by atoms with Crippen molar-refractivity contribution >= 4 is 23.2 Å². The van der Waals surface area contributed by atoms with Gasteiger partial charge in [-0.1, -0.05) is 0 Å². The van der Waals surface area contributed by atoms with Crippen LogP contribution in [0.2, 0.25) is 0 Å². The minimum Gasteiger partial charge on any atom is -0.292 e. The highest BCUT2D eigenvalue weighted by Gasteiger charge is 2.40. The van der Waals surface area contributed by atoms with Crippen molar-refractivity contribution in [3.05, 3.63) is 39.4 Å². The van der Waals surface area contributed by atoms with Gasteiger partial charge in [0.1, 0.15) is 0 Å². The third-order valence-corrected chi connectivity index (χ3v) is 4.70. The number of carbonyl (C=O) groups is 1. The van der Waals surface area contributed by atoms with Gasteiger partial charge in [-0.05, 0) is 31.6 Å². The summed E-state index contributed by atoms with van der Waals surface area (Å²) >= 11 is 1.39. The third-order valence-electron chi connectivity index (χ3n) is 3.18. The topological polar surface area (TPSA) is 60.2 Å². The molecule has 0 amide bonds. The third kappa shape index (κ3) is 2.47. The zero-order chi connectivity index (χ0) is 14.2. The molecule has 102 valence electrons. The number of rotatable bonds is 3. The Morgan fingerprint density at radius 3 is 2.58 bits per heavy atom. The van der Waals surface area contributed by atoms with Crippen molar-refractivity contribution in [3.63, 3.8) is 0 Å². The molecule has 1 aliphatic rings. The van der Waals surface area contributed by atoms with Gasteiger partial charge in [-0.25, -0.2) is 8.78 Å². The molecule has 1 saturated heterocycles. The second-order valence-corrected chi connectivity index (χ2v) is 6.15. The van der Waals surface area contributed by atoms with Crippen LogP contribution < -0.4 is 0 Å². The van der Waals surface area contributed by atoms with Crippen molar-refractivity contribution < 1.29 is 18.5 Å². The monoisotopic (exact) mass is 287 g/mol. The summed E-state index contributed by atoms with van der Waals surface area (Å²) < 4.78 is 25.5. The number of nitro benzene ring substituents is 1. The van der Waals surface area contributed by atoms with Crippen LogP contribution in [0.15, 0.2) is 12.1 Å². The number of nitrogens with zero attached hydrogens (tertiary/aromatic N) is 1. The maximum absolute atomic E-state index is 13.2. The van der Waals surface area contributed by atoms with Gasteiger partial charge < -0.3 is 0 Å². The minimum atomic E-state index is -1.33. The first-order chi connectivity index (χ1) is 8.85. The number of hydrogen-bond acceptors (Lipinski definition) is 4. The smallest absolute Gasteiger partial charge is 0.283 e. The lowest BCUT2D eigenvalue weighted by Crippen LogP contribution is -2.29. The molecule has 1 aliphatic heterocycles. The van der Waals surface area contributed by atoms with Gasteiger partial charge in [0.2, 0.25) is 0 Å². The highest BCUT2D eigenvalue weighted by molar-refractivity contribution is 8.01. The van der Waals surface area contributed by atoms with Crippen LogP contribution in [0, 0.1) is 21.7 Å². The average molecular weight is 287 g/mol. The van der Waals surface area contributed by atoms with Crippen molar-refractivity contribution in [2.45, 2.75) is 24.5 Å². The van der Waals surface area contributed by atoms with Crippen molar-refractivity contribution in [3.8, 4) is 0 Å². The van der Waals surface area contributed by atoms with Gasteiger partial charge in [0.15, 0.2) is 17.4 Å². The van der Waals surface area contributed by atoms with Crippen LogP contribution in [0.5, 0.6) is 0 Å². The molecule has 0 bridgehead atoms. The number of carbonyl (C=O) groups excluding carboxylic acids is 1. The molecule has 1 unspecified atom stereocenters. The summed E-state index contributed by atoms with van der Waals surface area (Å²) in [5.41, 5.74) is -1.04. The number of ketones is 1. The molecule has 1 atom stereocenters. The first-order valence-electron chi connectivity index (χ1n) is 5.67. The summed E-state index contributed by atoms with van der Waals surface area (Å²) in [7, 11) is 0. The lowest BCUT2D eigenvalue weighted by atomic mass is 9.93. The predicted molar refractivity (Wildman–Crippen MR) is 67.4 cm³/mol. The van der Waals surface area contributed by atoms with Crippen molar-refractivity contribution in [2.75, 3.05) is 5.75 Å². The van der Waals surface area contributed by atoms with E-state index in [0.29, 0.717) is 18.6 Å². The Morgan fingerprint density at radius 1 is 1.42 bits per heavy atom. The van der Waals surface area contributed by atoms with E-state index in [2.05, 4.69) is 0 Å². The lowest BCUT2D eigenvalue weighted by molar-refractivity contribution is -0.385. The molecule has 0 spiro atoms. The summed E-state index contributed by atoms with van der Waals surface area (Å²) in [4.78, 5) is 22.3. The van der Waals surface area contributed by atoms with Gasteiger partial charge in [-0.15, -0.1) is 11.8 Å². The van der Waals surface area contributed by atoms with E-state index in [4.69, 9.17) is 0 Å². The van der Waals surface area contributed by atoms with Crippen LogP contribution in [0.1, 0.15) is 30.1 Å². The van der Waals surface area contributed by atoms with Crippen LogP contribution in [-0.2, 0) is 0 Å². The largest absolute Gasteiger partial charge is 0.292 e. The SMILES string of the molecule is CC1(C(=O)c2cc(F)c(F)cc2[N+](=O)[O-])CCCS1. The fourth-order valence-corrected chi connectivity index (χ4v) is 3.38. The molecule has 7 heteroatoms. The van der Waals surface area contributed by atoms with Crippen LogP contribution in [0.25, 0.3) is 0 Å². The molecule has 1 aromatic rings. The van der Waals surface area contributed by atoms with Crippen LogP contribution >= 0.6 is 11.8 Å². The predicted octanol–water partition coefficient (Wildman–Crippen LogP) is 3.34. The van der Waals surface area contributed by atoms with E-state index in [0.717, 1.165) is 12.2 Å². The van der Waals surface area contributed by atoms with Crippen molar-refractivity contribution in [1.29, 1.82) is 0 Å². The Morgan fingerprint density at radius 2 is 2.05 bits per heavy atom. The van der Waals surface area contributed by atoms with E-state index in [1.807, 2.05) is 0 Å². The van der Waals surface area contributed by atoms with Crippen molar-refractivity contribution in [1.82, 2.24) is 0 Å². The van der Waals surface area contributed by atoms with E-state index in [9.17, 15) is 23.7 Å². The standard InChI is InChI=1S/C12H11F2NO3S/c1-12(3-2-4-19-12)11(16)7-5-8(13)9(14)6-10(7)15(17)18/h5-6H,2-4H2,1H3. The molecule has 1 aromatic carbocycles. The van der Waals surface area contributed by atoms with E-state index >= 15 is 0 Å². The van der Waals surface area contributed by atoms with Gasteiger partial charge in [0.05, 0.1) is 21.3 Å². The van der Waals surface area contributed by atoms with Gasteiger partial charge >= 0.3 is 0 Å². The molecule has 0 radical (unpaired) electrons. The number of benzene rings is 1. The Labute approximate surface area is 112 Å². The molecule has 0 aliphatic carbocycles. The zero-order valence-electron chi connectivity index (χ0n) is 10.1. The molecule has 1 fully saturated rings. The minimum absolute atomic E-state index is 0.360. The molecular weight excluding hydrogens is 276 g/mol. The number of thioether (sulfide) groups is 1. The summed E-state index contributed by atoms with van der Waals surface area (Å²) in [5.74, 6) is -2.31. The fraction of sp³-hybridized carbons (Fsp3) is 0.417. The molecule has 19 heavy (non-hydrogen) atoms. The Hall–Kier alpha value is -1.50.